The van der Waals surface area contributed by atoms with Gasteiger partial charge in [-0.25, -0.2) is 0 Å². The second kappa shape index (κ2) is 5.88. The highest BCUT2D eigenvalue weighted by Gasteiger charge is 2.48. The van der Waals surface area contributed by atoms with E-state index in [1.807, 2.05) is 24.3 Å². The SMILES string of the molecule is CC1(C(=O)N2CCC(C(N)=O)CC2)Sc2ccccc2NC1=O. The van der Waals surface area contributed by atoms with Crippen LogP contribution in [0.3, 0.4) is 0 Å². The lowest BCUT2D eigenvalue weighted by Gasteiger charge is -2.38. The van der Waals surface area contributed by atoms with E-state index in [4.69, 9.17) is 5.73 Å². The van der Waals surface area contributed by atoms with E-state index in [0.29, 0.717) is 25.9 Å². The fourth-order valence-corrected chi connectivity index (χ4v) is 4.15. The number of carbonyl (C=O) groups excluding carboxylic acids is 3. The average molecular weight is 333 g/mol. The van der Waals surface area contributed by atoms with Crippen molar-refractivity contribution in [3.05, 3.63) is 24.3 Å². The molecule has 1 aromatic carbocycles. The monoisotopic (exact) mass is 333 g/mol. The number of nitrogens with zero attached hydrogens (tertiary/aromatic N) is 1. The third kappa shape index (κ3) is 2.81. The quantitative estimate of drug-likeness (QED) is 0.796. The first-order valence-corrected chi connectivity index (χ1v) is 8.41. The highest BCUT2D eigenvalue weighted by molar-refractivity contribution is 8.02. The number of nitrogens with one attached hydrogen (secondary N) is 1. The Labute approximate surface area is 138 Å². The molecule has 0 saturated carbocycles. The lowest BCUT2D eigenvalue weighted by molar-refractivity contribution is -0.140. The number of benzene rings is 1. The van der Waals surface area contributed by atoms with E-state index in [-0.39, 0.29) is 23.6 Å². The number of para-hydroxylation sites is 1. The molecule has 0 spiro atoms. The summed E-state index contributed by atoms with van der Waals surface area (Å²) in [4.78, 5) is 39.2. The van der Waals surface area contributed by atoms with E-state index >= 15 is 0 Å². The standard InChI is InChI=1S/C16H19N3O3S/c1-16(14(21)18-11-4-2-3-5-12(11)23-16)15(22)19-8-6-10(7-9-19)13(17)20/h2-5,10H,6-9H2,1H3,(H2,17,20)(H,18,21). The summed E-state index contributed by atoms with van der Waals surface area (Å²) in [6.45, 7) is 2.57. The zero-order valence-corrected chi connectivity index (χ0v) is 13.7. The van der Waals surface area contributed by atoms with Gasteiger partial charge in [0, 0.05) is 23.9 Å². The van der Waals surface area contributed by atoms with E-state index in [2.05, 4.69) is 5.32 Å². The third-order valence-corrected chi connectivity index (χ3v) is 5.82. The Morgan fingerprint density at radius 1 is 1.30 bits per heavy atom. The highest BCUT2D eigenvalue weighted by atomic mass is 32.2. The first-order valence-electron chi connectivity index (χ1n) is 7.60. The third-order valence-electron chi connectivity index (χ3n) is 4.48. The number of piperidine rings is 1. The summed E-state index contributed by atoms with van der Waals surface area (Å²) >= 11 is 1.28. The van der Waals surface area contributed by atoms with Crippen LogP contribution in [-0.2, 0) is 14.4 Å². The zero-order chi connectivity index (χ0) is 16.6. The topological polar surface area (TPSA) is 92.5 Å². The molecule has 1 atom stereocenters. The largest absolute Gasteiger partial charge is 0.369 e. The maximum absolute atomic E-state index is 12.9. The predicted octanol–water partition coefficient (Wildman–Crippen LogP) is 1.21. The van der Waals surface area contributed by atoms with Gasteiger partial charge < -0.3 is 16.0 Å². The van der Waals surface area contributed by atoms with Gasteiger partial charge in [-0.3, -0.25) is 14.4 Å². The normalized spacial score (nSPS) is 24.7. The molecule has 3 N–H and O–H groups in total. The maximum Gasteiger partial charge on any atom is 0.250 e. The molecule has 2 aliphatic rings. The number of amides is 3. The smallest absolute Gasteiger partial charge is 0.250 e. The maximum atomic E-state index is 12.9. The molecule has 0 bridgehead atoms. The van der Waals surface area contributed by atoms with Gasteiger partial charge in [0.2, 0.25) is 17.7 Å². The Hall–Kier alpha value is -2.02. The first kappa shape index (κ1) is 15.9. The van der Waals surface area contributed by atoms with Crippen molar-refractivity contribution in [3.63, 3.8) is 0 Å². The zero-order valence-electron chi connectivity index (χ0n) is 12.9. The van der Waals surface area contributed by atoms with Crippen molar-refractivity contribution in [2.45, 2.75) is 29.4 Å². The molecule has 2 heterocycles. The fourth-order valence-electron chi connectivity index (χ4n) is 2.98. The number of nitrogens with two attached hydrogens (primary N) is 1. The van der Waals surface area contributed by atoms with Crippen molar-refractivity contribution in [2.24, 2.45) is 11.7 Å². The van der Waals surface area contributed by atoms with E-state index in [1.165, 1.54) is 11.8 Å². The lowest BCUT2D eigenvalue weighted by Crippen LogP contribution is -2.55. The van der Waals surface area contributed by atoms with Crippen molar-refractivity contribution in [1.82, 2.24) is 4.90 Å². The van der Waals surface area contributed by atoms with Crippen LogP contribution in [0.4, 0.5) is 5.69 Å². The molecule has 0 radical (unpaired) electrons. The second-order valence-electron chi connectivity index (χ2n) is 6.05. The van der Waals surface area contributed by atoms with Crippen LogP contribution in [0, 0.1) is 5.92 Å². The number of carbonyl (C=O) groups is 3. The van der Waals surface area contributed by atoms with Crippen LogP contribution in [0.5, 0.6) is 0 Å². The summed E-state index contributed by atoms with van der Waals surface area (Å²) in [6, 6.07) is 7.44. The van der Waals surface area contributed by atoms with E-state index in [9.17, 15) is 14.4 Å². The summed E-state index contributed by atoms with van der Waals surface area (Å²) in [5.74, 6) is -1.01. The minimum absolute atomic E-state index is 0.180. The number of hydrogen-bond acceptors (Lipinski definition) is 4. The molecule has 0 aliphatic carbocycles. The molecule has 1 fully saturated rings. The number of hydrogen-bond donors (Lipinski definition) is 2. The summed E-state index contributed by atoms with van der Waals surface area (Å²) in [5.41, 5.74) is 6.06. The van der Waals surface area contributed by atoms with Gasteiger partial charge in [-0.15, -0.1) is 0 Å². The predicted molar refractivity (Wildman–Crippen MR) is 87.8 cm³/mol. The summed E-state index contributed by atoms with van der Waals surface area (Å²) in [7, 11) is 0. The van der Waals surface area contributed by atoms with Gasteiger partial charge in [-0.05, 0) is 31.9 Å². The van der Waals surface area contributed by atoms with Gasteiger partial charge in [0.15, 0.2) is 4.75 Å². The van der Waals surface area contributed by atoms with Gasteiger partial charge >= 0.3 is 0 Å². The van der Waals surface area contributed by atoms with Crippen molar-refractivity contribution in [1.29, 1.82) is 0 Å². The van der Waals surface area contributed by atoms with Crippen LogP contribution in [0.2, 0.25) is 0 Å². The van der Waals surface area contributed by atoms with Crippen molar-refractivity contribution in [2.75, 3.05) is 18.4 Å². The van der Waals surface area contributed by atoms with Gasteiger partial charge in [0.05, 0.1) is 5.69 Å². The number of thioether (sulfide) groups is 1. The summed E-state index contributed by atoms with van der Waals surface area (Å²) in [6.07, 6.45) is 1.11. The number of anilines is 1. The molecule has 0 aromatic heterocycles. The van der Waals surface area contributed by atoms with Crippen molar-refractivity contribution in [3.8, 4) is 0 Å². The Kier molecular flexibility index (Phi) is 4.06. The van der Waals surface area contributed by atoms with Crippen LogP contribution < -0.4 is 11.1 Å². The summed E-state index contributed by atoms with van der Waals surface area (Å²) < 4.78 is -1.19. The molecule has 2 aliphatic heterocycles. The lowest BCUT2D eigenvalue weighted by atomic mass is 9.95. The Morgan fingerprint density at radius 3 is 2.61 bits per heavy atom. The molecule has 3 amide bonds. The van der Waals surface area contributed by atoms with Gasteiger partial charge in [-0.1, -0.05) is 23.9 Å². The van der Waals surface area contributed by atoms with E-state index < -0.39 is 4.75 Å². The second-order valence-corrected chi connectivity index (χ2v) is 7.51. The molecule has 1 aromatic rings. The van der Waals surface area contributed by atoms with Gasteiger partial charge in [0.1, 0.15) is 0 Å². The average Bonchev–Trinajstić information content (AvgIpc) is 2.55. The minimum atomic E-state index is -1.19. The van der Waals surface area contributed by atoms with Crippen LogP contribution >= 0.6 is 11.8 Å². The fraction of sp³-hybridized carbons (Fsp3) is 0.438. The first-order chi connectivity index (χ1) is 10.9. The van der Waals surface area contributed by atoms with Crippen LogP contribution in [-0.4, -0.2) is 40.5 Å². The van der Waals surface area contributed by atoms with E-state index in [0.717, 1.165) is 10.6 Å². The van der Waals surface area contributed by atoms with Gasteiger partial charge in [0.25, 0.3) is 0 Å². The molecule has 122 valence electrons. The molecule has 1 unspecified atom stereocenters. The molecule has 3 rings (SSSR count). The van der Waals surface area contributed by atoms with Crippen molar-refractivity contribution < 1.29 is 14.4 Å². The number of primary amides is 1. The van der Waals surface area contributed by atoms with Crippen LogP contribution in [0.1, 0.15) is 19.8 Å². The molecule has 1 saturated heterocycles. The van der Waals surface area contributed by atoms with Crippen LogP contribution in [0.15, 0.2) is 29.2 Å². The van der Waals surface area contributed by atoms with Crippen LogP contribution in [0.25, 0.3) is 0 Å². The van der Waals surface area contributed by atoms with Gasteiger partial charge in [-0.2, -0.15) is 0 Å². The molecular weight excluding hydrogens is 314 g/mol. The molecule has 7 heteroatoms. The van der Waals surface area contributed by atoms with E-state index in [1.54, 1.807) is 11.8 Å². The number of fused-ring (bicyclic) bond motifs is 1. The number of rotatable bonds is 2. The summed E-state index contributed by atoms with van der Waals surface area (Å²) in [5, 5.41) is 2.82. The Bertz CT molecular complexity index is 670. The minimum Gasteiger partial charge on any atom is -0.369 e. The Balaban J connectivity index is 1.77. The molecular formula is C16H19N3O3S. The Morgan fingerprint density at radius 2 is 1.96 bits per heavy atom. The molecule has 6 nitrogen and oxygen atoms in total. The molecule has 23 heavy (non-hydrogen) atoms. The number of likely N-dealkylation sites (tertiary alicyclic amines) is 1. The highest BCUT2D eigenvalue weighted by Crippen LogP contribution is 2.43. The van der Waals surface area contributed by atoms with Crippen molar-refractivity contribution >= 4 is 35.2 Å².